The second kappa shape index (κ2) is 4.14. The number of fused-ring (bicyclic) bond motifs is 2. The first-order chi connectivity index (χ1) is 9.36. The van der Waals surface area contributed by atoms with Crippen molar-refractivity contribution < 1.29 is 9.59 Å². The van der Waals surface area contributed by atoms with Gasteiger partial charge < -0.3 is 5.32 Å². The quantitative estimate of drug-likeness (QED) is 0.842. The Kier molecular flexibility index (Phi) is 2.75. The Hall–Kier alpha value is -1.71. The topological polar surface area (TPSA) is 59.1 Å². The highest BCUT2D eigenvalue weighted by atomic mass is 16.2. The van der Waals surface area contributed by atoms with E-state index in [-0.39, 0.29) is 17.1 Å². The van der Waals surface area contributed by atoms with Crippen LogP contribution in [0.1, 0.15) is 38.8 Å². The molecule has 20 heavy (non-hydrogen) atoms. The zero-order valence-electron chi connectivity index (χ0n) is 12.2. The maximum atomic E-state index is 12.6. The molecule has 4 heteroatoms. The molecule has 2 fully saturated rings. The molecule has 2 saturated carbocycles. The second-order valence-corrected chi connectivity index (χ2v) is 6.69. The molecule has 0 saturated heterocycles. The minimum Gasteiger partial charge on any atom is -0.310 e. The first-order valence-electron chi connectivity index (χ1n) is 7.16. The number of ketones is 1. The summed E-state index contributed by atoms with van der Waals surface area (Å²) in [6.07, 6.45) is 2.33. The van der Waals surface area contributed by atoms with Crippen LogP contribution in [-0.4, -0.2) is 16.7 Å². The van der Waals surface area contributed by atoms with Crippen LogP contribution in [-0.2, 0) is 9.59 Å². The van der Waals surface area contributed by atoms with Crippen molar-refractivity contribution >= 4 is 17.5 Å². The lowest BCUT2D eigenvalue weighted by Gasteiger charge is -2.32. The number of rotatable bonds is 2. The molecule has 2 unspecified atom stereocenters. The third-order valence-corrected chi connectivity index (χ3v) is 5.12. The molecule has 2 aliphatic rings. The summed E-state index contributed by atoms with van der Waals surface area (Å²) in [5.41, 5.74) is -0.336. The van der Waals surface area contributed by atoms with Gasteiger partial charge in [0, 0.05) is 11.1 Å². The highest BCUT2D eigenvalue weighted by Gasteiger charge is 2.65. The van der Waals surface area contributed by atoms with Gasteiger partial charge in [0.2, 0.25) is 5.91 Å². The number of carbonyl (C=O) groups excluding carboxylic acids is 2. The van der Waals surface area contributed by atoms with Crippen LogP contribution in [0.3, 0.4) is 0 Å². The van der Waals surface area contributed by atoms with Gasteiger partial charge in [0.05, 0.1) is 0 Å². The van der Waals surface area contributed by atoms with Crippen LogP contribution >= 0.6 is 0 Å². The van der Waals surface area contributed by atoms with Crippen molar-refractivity contribution in [2.75, 3.05) is 5.32 Å². The maximum Gasteiger partial charge on any atom is 0.239 e. The van der Waals surface area contributed by atoms with Gasteiger partial charge in [0.1, 0.15) is 11.2 Å². The molecule has 1 aromatic rings. The summed E-state index contributed by atoms with van der Waals surface area (Å²) in [6, 6.07) is 5.50. The number of amides is 1. The number of nitrogens with zero attached hydrogens (tertiary/aromatic N) is 1. The van der Waals surface area contributed by atoms with Crippen molar-refractivity contribution in [2.24, 2.45) is 16.7 Å². The van der Waals surface area contributed by atoms with E-state index in [1.807, 2.05) is 32.9 Å². The van der Waals surface area contributed by atoms with Gasteiger partial charge in [-0.2, -0.15) is 0 Å². The van der Waals surface area contributed by atoms with Crippen LogP contribution in [0, 0.1) is 23.7 Å². The third kappa shape index (κ3) is 1.70. The number of hydrogen-bond acceptors (Lipinski definition) is 3. The second-order valence-electron chi connectivity index (χ2n) is 6.69. The average Bonchev–Trinajstić information content (AvgIpc) is 2.90. The molecule has 0 radical (unpaired) electrons. The largest absolute Gasteiger partial charge is 0.310 e. The Morgan fingerprint density at radius 3 is 2.75 bits per heavy atom. The van der Waals surface area contributed by atoms with E-state index >= 15 is 0 Å². The number of anilines is 1. The molecule has 1 amide bonds. The van der Waals surface area contributed by atoms with Gasteiger partial charge in [-0.15, -0.1) is 0 Å². The van der Waals surface area contributed by atoms with Crippen molar-refractivity contribution in [1.29, 1.82) is 0 Å². The molecule has 0 aliphatic heterocycles. The van der Waals surface area contributed by atoms with Crippen molar-refractivity contribution in [3.63, 3.8) is 0 Å². The van der Waals surface area contributed by atoms with Gasteiger partial charge in [0.25, 0.3) is 0 Å². The summed E-state index contributed by atoms with van der Waals surface area (Å²) in [5.74, 6) is 0.802. The number of aromatic nitrogens is 1. The van der Waals surface area contributed by atoms with Crippen LogP contribution in [0.4, 0.5) is 5.82 Å². The molecule has 1 aromatic heterocycles. The van der Waals surface area contributed by atoms with Gasteiger partial charge in [-0.3, -0.25) is 9.59 Å². The number of aryl methyl sites for hydroxylation is 1. The van der Waals surface area contributed by atoms with E-state index in [1.54, 1.807) is 6.07 Å². The number of nitrogens with one attached hydrogen (secondary N) is 1. The monoisotopic (exact) mass is 272 g/mol. The van der Waals surface area contributed by atoms with Gasteiger partial charge in [-0.25, -0.2) is 4.98 Å². The fourth-order valence-corrected chi connectivity index (χ4v) is 3.83. The molecule has 3 rings (SSSR count). The fraction of sp³-hybridized carbons (Fsp3) is 0.562. The predicted octanol–water partition coefficient (Wildman–Crippen LogP) is 2.72. The first-order valence-corrected chi connectivity index (χ1v) is 7.16. The van der Waals surface area contributed by atoms with E-state index < -0.39 is 5.41 Å². The van der Waals surface area contributed by atoms with Crippen molar-refractivity contribution in [3.8, 4) is 0 Å². The highest BCUT2D eigenvalue weighted by Crippen LogP contribution is 2.60. The van der Waals surface area contributed by atoms with Crippen LogP contribution in [0.15, 0.2) is 18.2 Å². The standard InChI is InChI=1S/C16H20N2O2/c1-10-5-4-6-12(17-10)18-14(20)16-8-7-11(9-16)15(2,3)13(16)19/h4-6,11H,7-9H2,1-3H3,(H,17,18,20). The summed E-state index contributed by atoms with van der Waals surface area (Å²) in [7, 11) is 0. The molecule has 2 bridgehead atoms. The average molecular weight is 272 g/mol. The highest BCUT2D eigenvalue weighted by molar-refractivity contribution is 6.14. The van der Waals surface area contributed by atoms with Crippen LogP contribution in [0.25, 0.3) is 0 Å². The number of carbonyl (C=O) groups is 2. The Labute approximate surface area is 119 Å². The molecule has 0 spiro atoms. The Bertz CT molecular complexity index is 594. The van der Waals surface area contributed by atoms with Gasteiger partial charge >= 0.3 is 0 Å². The van der Waals surface area contributed by atoms with Crippen molar-refractivity contribution in [3.05, 3.63) is 23.9 Å². The zero-order chi connectivity index (χ0) is 14.5. The molecule has 106 valence electrons. The molecule has 2 aliphatic carbocycles. The smallest absolute Gasteiger partial charge is 0.239 e. The number of pyridine rings is 1. The lowest BCUT2D eigenvalue weighted by molar-refractivity contribution is -0.142. The Balaban J connectivity index is 1.86. The summed E-state index contributed by atoms with van der Waals surface area (Å²) < 4.78 is 0. The van der Waals surface area contributed by atoms with Gasteiger partial charge in [0.15, 0.2) is 5.78 Å². The third-order valence-electron chi connectivity index (χ3n) is 5.12. The summed E-state index contributed by atoms with van der Waals surface area (Å²) >= 11 is 0. The normalized spacial score (nSPS) is 30.6. The molecule has 0 aromatic carbocycles. The lowest BCUT2D eigenvalue weighted by Crippen LogP contribution is -2.44. The predicted molar refractivity (Wildman–Crippen MR) is 76.2 cm³/mol. The van der Waals surface area contributed by atoms with Gasteiger partial charge in [-0.05, 0) is 44.2 Å². The van der Waals surface area contributed by atoms with Crippen molar-refractivity contribution in [1.82, 2.24) is 4.98 Å². The molecule has 1 heterocycles. The minimum absolute atomic E-state index is 0.103. The number of hydrogen-bond donors (Lipinski definition) is 1. The molecule has 2 atom stereocenters. The van der Waals surface area contributed by atoms with Crippen LogP contribution in [0.2, 0.25) is 0 Å². The molecule has 4 nitrogen and oxygen atoms in total. The summed E-state index contributed by atoms with van der Waals surface area (Å²) in [6.45, 7) is 5.82. The van der Waals surface area contributed by atoms with E-state index in [9.17, 15) is 9.59 Å². The van der Waals surface area contributed by atoms with E-state index in [4.69, 9.17) is 0 Å². The first kappa shape index (κ1) is 13.3. The fourth-order valence-electron chi connectivity index (χ4n) is 3.83. The number of Topliss-reactive ketones (excluding diaryl/α,β-unsaturated/α-hetero) is 1. The summed E-state index contributed by atoms with van der Waals surface area (Å²) in [4.78, 5) is 29.5. The van der Waals surface area contributed by atoms with E-state index in [0.717, 1.165) is 12.1 Å². The van der Waals surface area contributed by atoms with Gasteiger partial charge in [-0.1, -0.05) is 19.9 Å². The molecular weight excluding hydrogens is 252 g/mol. The van der Waals surface area contributed by atoms with E-state index in [1.165, 1.54) is 0 Å². The summed E-state index contributed by atoms with van der Waals surface area (Å²) in [5, 5.41) is 2.84. The molecular formula is C16H20N2O2. The van der Waals surface area contributed by atoms with Crippen LogP contribution in [0.5, 0.6) is 0 Å². The van der Waals surface area contributed by atoms with E-state index in [2.05, 4.69) is 10.3 Å². The minimum atomic E-state index is -0.820. The SMILES string of the molecule is Cc1cccc(NC(=O)C23CCC(C2)C(C)(C)C3=O)n1. The zero-order valence-corrected chi connectivity index (χ0v) is 12.2. The molecule has 1 N–H and O–H groups in total. The lowest BCUT2D eigenvalue weighted by atomic mass is 9.70. The van der Waals surface area contributed by atoms with E-state index in [0.29, 0.717) is 24.6 Å². The maximum absolute atomic E-state index is 12.6. The van der Waals surface area contributed by atoms with Crippen molar-refractivity contribution in [2.45, 2.75) is 40.0 Å². The Morgan fingerprint density at radius 1 is 1.40 bits per heavy atom. The van der Waals surface area contributed by atoms with Crippen LogP contribution < -0.4 is 5.32 Å². The Morgan fingerprint density at radius 2 is 2.15 bits per heavy atom.